The van der Waals surface area contributed by atoms with Gasteiger partial charge in [0.15, 0.2) is 0 Å². The lowest BCUT2D eigenvalue weighted by Crippen LogP contribution is -2.30. The zero-order valence-electron chi connectivity index (χ0n) is 14.7. The Morgan fingerprint density at radius 1 is 1.19 bits per heavy atom. The lowest BCUT2D eigenvalue weighted by Gasteiger charge is -2.26. The third kappa shape index (κ3) is 3.58. The van der Waals surface area contributed by atoms with Crippen molar-refractivity contribution < 1.29 is 17.6 Å². The number of hydrogen-bond donors (Lipinski definition) is 0. The number of halogens is 1. The summed E-state index contributed by atoms with van der Waals surface area (Å²) in [5.41, 5.74) is 1.75. The summed E-state index contributed by atoms with van der Waals surface area (Å²) in [6, 6.07) is 12.4. The van der Waals surface area contributed by atoms with Crippen molar-refractivity contribution in [3.05, 3.63) is 65.5 Å². The van der Waals surface area contributed by atoms with Gasteiger partial charge < -0.3 is 4.90 Å². The summed E-state index contributed by atoms with van der Waals surface area (Å²) >= 11 is 0. The lowest BCUT2D eigenvalue weighted by atomic mass is 10.1. The fourth-order valence-electron chi connectivity index (χ4n) is 3.07. The van der Waals surface area contributed by atoms with Crippen molar-refractivity contribution in [2.45, 2.75) is 19.4 Å². The standard InChI is InChI=1S/C19H21FN2O3S/c1-14(15-7-9-17(20)10-8-15)21(2)19(23)16-5-3-6-18(13-16)22-11-4-12-26(22,24)25/h3,5-10,13-14H,4,11-12H2,1-2H3/t14-/m0/s1. The van der Waals surface area contributed by atoms with Crippen LogP contribution in [0.25, 0.3) is 0 Å². The highest BCUT2D eigenvalue weighted by molar-refractivity contribution is 7.93. The van der Waals surface area contributed by atoms with Gasteiger partial charge in [0.1, 0.15) is 5.82 Å². The molecule has 1 amide bonds. The van der Waals surface area contributed by atoms with Crippen molar-refractivity contribution in [3.8, 4) is 0 Å². The molecule has 7 heteroatoms. The molecule has 1 saturated heterocycles. The first-order chi connectivity index (χ1) is 12.3. The molecule has 3 rings (SSSR count). The number of hydrogen-bond acceptors (Lipinski definition) is 3. The Morgan fingerprint density at radius 3 is 2.50 bits per heavy atom. The van der Waals surface area contributed by atoms with Gasteiger partial charge in [0.05, 0.1) is 17.5 Å². The fraction of sp³-hybridized carbons (Fsp3) is 0.316. The Bertz CT molecular complexity index is 913. The first-order valence-electron chi connectivity index (χ1n) is 8.43. The molecule has 0 spiro atoms. The molecule has 26 heavy (non-hydrogen) atoms. The third-order valence-electron chi connectivity index (χ3n) is 4.73. The van der Waals surface area contributed by atoms with Gasteiger partial charge in [-0.15, -0.1) is 0 Å². The Labute approximate surface area is 153 Å². The summed E-state index contributed by atoms with van der Waals surface area (Å²) in [7, 11) is -1.62. The molecule has 1 heterocycles. The summed E-state index contributed by atoms with van der Waals surface area (Å²) in [5.74, 6) is -0.415. The number of nitrogens with zero attached hydrogens (tertiary/aromatic N) is 2. The second-order valence-electron chi connectivity index (χ2n) is 6.44. The molecule has 138 valence electrons. The molecule has 2 aromatic rings. The zero-order valence-corrected chi connectivity index (χ0v) is 15.5. The topological polar surface area (TPSA) is 57.7 Å². The highest BCUT2D eigenvalue weighted by Gasteiger charge is 2.29. The minimum absolute atomic E-state index is 0.132. The van der Waals surface area contributed by atoms with E-state index in [0.29, 0.717) is 24.2 Å². The number of carbonyl (C=O) groups is 1. The van der Waals surface area contributed by atoms with Crippen molar-refractivity contribution in [2.24, 2.45) is 0 Å². The highest BCUT2D eigenvalue weighted by atomic mass is 32.2. The van der Waals surface area contributed by atoms with E-state index in [9.17, 15) is 17.6 Å². The third-order valence-corrected chi connectivity index (χ3v) is 6.60. The van der Waals surface area contributed by atoms with Crippen LogP contribution in [0, 0.1) is 5.82 Å². The van der Waals surface area contributed by atoms with Crippen molar-refractivity contribution >= 4 is 21.6 Å². The van der Waals surface area contributed by atoms with E-state index >= 15 is 0 Å². The van der Waals surface area contributed by atoms with E-state index in [1.807, 2.05) is 6.92 Å². The van der Waals surface area contributed by atoms with Crippen LogP contribution in [-0.2, 0) is 10.0 Å². The number of anilines is 1. The van der Waals surface area contributed by atoms with Gasteiger partial charge in [0.2, 0.25) is 10.0 Å². The largest absolute Gasteiger partial charge is 0.335 e. The van der Waals surface area contributed by atoms with Gasteiger partial charge >= 0.3 is 0 Å². The Hall–Kier alpha value is -2.41. The molecule has 1 aliphatic rings. The smallest absolute Gasteiger partial charge is 0.254 e. The lowest BCUT2D eigenvalue weighted by molar-refractivity contribution is 0.0742. The molecular weight excluding hydrogens is 355 g/mol. The molecule has 1 aliphatic heterocycles. The summed E-state index contributed by atoms with van der Waals surface area (Å²) in [6.07, 6.45) is 0.585. The average Bonchev–Trinajstić information content (AvgIpc) is 2.99. The molecule has 5 nitrogen and oxygen atoms in total. The minimum Gasteiger partial charge on any atom is -0.335 e. The molecule has 0 aliphatic carbocycles. The maximum atomic E-state index is 13.1. The van der Waals surface area contributed by atoms with E-state index in [1.165, 1.54) is 16.4 Å². The van der Waals surface area contributed by atoms with E-state index in [2.05, 4.69) is 0 Å². The normalized spacial score (nSPS) is 17.1. The molecule has 1 atom stereocenters. The quantitative estimate of drug-likeness (QED) is 0.823. The summed E-state index contributed by atoms with van der Waals surface area (Å²) < 4.78 is 38.6. The van der Waals surface area contributed by atoms with Crippen LogP contribution in [0.2, 0.25) is 0 Å². The Kier molecular flexibility index (Phi) is 5.00. The average molecular weight is 376 g/mol. The number of carbonyl (C=O) groups excluding carboxylic acids is 1. The predicted molar refractivity (Wildman–Crippen MR) is 99.1 cm³/mol. The van der Waals surface area contributed by atoms with E-state index in [0.717, 1.165) is 5.56 Å². The molecular formula is C19H21FN2O3S. The predicted octanol–water partition coefficient (Wildman–Crippen LogP) is 3.20. The van der Waals surface area contributed by atoms with Crippen LogP contribution in [0.4, 0.5) is 10.1 Å². The van der Waals surface area contributed by atoms with Crippen LogP contribution < -0.4 is 4.31 Å². The van der Waals surface area contributed by atoms with Crippen molar-refractivity contribution in [1.82, 2.24) is 4.90 Å². The van der Waals surface area contributed by atoms with Crippen molar-refractivity contribution in [3.63, 3.8) is 0 Å². The minimum atomic E-state index is -3.29. The summed E-state index contributed by atoms with van der Waals surface area (Å²) in [5, 5.41) is 0. The van der Waals surface area contributed by atoms with E-state index in [-0.39, 0.29) is 23.5 Å². The van der Waals surface area contributed by atoms with Crippen LogP contribution in [0.3, 0.4) is 0 Å². The van der Waals surface area contributed by atoms with Crippen LogP contribution in [0.1, 0.15) is 35.3 Å². The van der Waals surface area contributed by atoms with Gasteiger partial charge in [0.25, 0.3) is 5.91 Å². The molecule has 0 radical (unpaired) electrons. The number of amides is 1. The number of rotatable bonds is 4. The molecule has 0 bridgehead atoms. The molecule has 2 aromatic carbocycles. The number of benzene rings is 2. The first-order valence-corrected chi connectivity index (χ1v) is 10.0. The summed E-state index contributed by atoms with van der Waals surface area (Å²) in [6.45, 7) is 2.29. The van der Waals surface area contributed by atoms with Crippen molar-refractivity contribution in [1.29, 1.82) is 0 Å². The van der Waals surface area contributed by atoms with Crippen LogP contribution in [-0.4, -0.2) is 38.6 Å². The fourth-order valence-corrected chi connectivity index (χ4v) is 4.62. The van der Waals surface area contributed by atoms with Gasteiger partial charge in [-0.25, -0.2) is 12.8 Å². The SMILES string of the molecule is C[C@@H](c1ccc(F)cc1)N(C)C(=O)c1cccc(N2CCCS2(=O)=O)c1. The molecule has 0 N–H and O–H groups in total. The second kappa shape index (κ2) is 7.07. The highest BCUT2D eigenvalue weighted by Crippen LogP contribution is 2.26. The van der Waals surface area contributed by atoms with Crippen LogP contribution in [0.15, 0.2) is 48.5 Å². The van der Waals surface area contributed by atoms with Gasteiger partial charge in [-0.1, -0.05) is 18.2 Å². The van der Waals surface area contributed by atoms with Crippen LogP contribution in [0.5, 0.6) is 0 Å². The van der Waals surface area contributed by atoms with Gasteiger partial charge in [-0.05, 0) is 49.2 Å². The Balaban J connectivity index is 1.83. The Morgan fingerprint density at radius 2 is 1.88 bits per heavy atom. The first kappa shape index (κ1) is 18.4. The molecule has 0 aromatic heterocycles. The molecule has 0 unspecified atom stereocenters. The second-order valence-corrected chi connectivity index (χ2v) is 8.45. The van der Waals surface area contributed by atoms with Gasteiger partial charge in [-0.3, -0.25) is 9.10 Å². The summed E-state index contributed by atoms with van der Waals surface area (Å²) in [4.78, 5) is 14.4. The monoisotopic (exact) mass is 376 g/mol. The maximum absolute atomic E-state index is 13.1. The molecule has 0 saturated carbocycles. The maximum Gasteiger partial charge on any atom is 0.254 e. The number of sulfonamides is 1. The van der Waals surface area contributed by atoms with Crippen LogP contribution >= 0.6 is 0 Å². The van der Waals surface area contributed by atoms with Gasteiger partial charge in [0, 0.05) is 19.2 Å². The molecule has 1 fully saturated rings. The van der Waals surface area contributed by atoms with Gasteiger partial charge in [-0.2, -0.15) is 0 Å². The van der Waals surface area contributed by atoms with E-state index < -0.39 is 10.0 Å². The van der Waals surface area contributed by atoms with E-state index in [1.54, 1.807) is 48.3 Å². The van der Waals surface area contributed by atoms with Crippen molar-refractivity contribution in [2.75, 3.05) is 23.7 Å². The zero-order chi connectivity index (χ0) is 18.9. The van der Waals surface area contributed by atoms with E-state index in [4.69, 9.17) is 0 Å².